The number of nitrogens with zero attached hydrogens (tertiary/aromatic N) is 2. The van der Waals surface area contributed by atoms with Crippen LogP contribution in [0.2, 0.25) is 0 Å². The van der Waals surface area contributed by atoms with E-state index < -0.39 is 30.3 Å². The molecule has 1 amide bonds. The second-order valence-corrected chi connectivity index (χ2v) is 7.86. The van der Waals surface area contributed by atoms with Crippen molar-refractivity contribution in [2.75, 3.05) is 24.5 Å². The molecule has 30 heavy (non-hydrogen) atoms. The summed E-state index contributed by atoms with van der Waals surface area (Å²) >= 11 is 3.21. The molecule has 3 rings (SSSR count). The van der Waals surface area contributed by atoms with E-state index in [-0.39, 0.29) is 11.3 Å². The summed E-state index contributed by atoms with van der Waals surface area (Å²) in [6.45, 7) is -0.00692. The van der Waals surface area contributed by atoms with Crippen LogP contribution in [0.4, 0.5) is 18.9 Å². The van der Waals surface area contributed by atoms with Crippen LogP contribution in [0.3, 0.4) is 0 Å². The van der Waals surface area contributed by atoms with Crippen molar-refractivity contribution in [1.82, 2.24) is 5.32 Å². The standard InChI is InChI=1S/C21H19BrF3N3O2/c22-16-1-4-18(5-2-16)30-21(24,25)13-27-20(29)14-7-9-28(10-8-14)19-6-3-17(23)11-15(19)12-26/h1-6,11,14H,7-10,13H2,(H,27,29). The van der Waals surface area contributed by atoms with Crippen LogP contribution in [0.25, 0.3) is 0 Å². The normalized spacial score (nSPS) is 14.8. The molecule has 2 aromatic rings. The third-order valence-electron chi connectivity index (χ3n) is 4.83. The zero-order valence-corrected chi connectivity index (χ0v) is 17.5. The molecule has 0 spiro atoms. The van der Waals surface area contributed by atoms with Gasteiger partial charge in [0.15, 0.2) is 0 Å². The zero-order valence-electron chi connectivity index (χ0n) is 15.9. The second kappa shape index (κ2) is 9.39. The number of hydrogen-bond donors (Lipinski definition) is 1. The maximum atomic E-state index is 14.0. The van der Waals surface area contributed by atoms with Gasteiger partial charge in [-0.15, -0.1) is 0 Å². The number of piperidine rings is 1. The van der Waals surface area contributed by atoms with Gasteiger partial charge in [0.1, 0.15) is 24.2 Å². The van der Waals surface area contributed by atoms with E-state index >= 15 is 0 Å². The third-order valence-corrected chi connectivity index (χ3v) is 5.36. The van der Waals surface area contributed by atoms with Crippen molar-refractivity contribution in [3.63, 3.8) is 0 Å². The molecule has 0 unspecified atom stereocenters. The quantitative estimate of drug-likeness (QED) is 0.661. The van der Waals surface area contributed by atoms with Gasteiger partial charge in [0, 0.05) is 23.5 Å². The van der Waals surface area contributed by atoms with Crippen LogP contribution in [0, 0.1) is 23.1 Å². The van der Waals surface area contributed by atoms with Crippen LogP contribution in [-0.4, -0.2) is 31.7 Å². The molecule has 0 atom stereocenters. The topological polar surface area (TPSA) is 65.4 Å². The van der Waals surface area contributed by atoms with E-state index in [1.165, 1.54) is 30.3 Å². The van der Waals surface area contributed by atoms with Crippen molar-refractivity contribution < 1.29 is 22.7 Å². The molecule has 0 bridgehead atoms. The molecule has 1 aliphatic heterocycles. The molecule has 2 aromatic carbocycles. The molecular formula is C21H19BrF3N3O2. The highest BCUT2D eigenvalue weighted by atomic mass is 79.9. The van der Waals surface area contributed by atoms with E-state index in [2.05, 4.69) is 26.0 Å². The minimum atomic E-state index is -3.54. The first-order valence-corrected chi connectivity index (χ1v) is 10.1. The highest BCUT2D eigenvalue weighted by Crippen LogP contribution is 2.27. The van der Waals surface area contributed by atoms with Crippen molar-refractivity contribution in [1.29, 1.82) is 5.26 Å². The number of anilines is 1. The van der Waals surface area contributed by atoms with Gasteiger partial charge < -0.3 is 15.0 Å². The molecule has 0 aromatic heterocycles. The minimum absolute atomic E-state index is 0.00153. The Morgan fingerprint density at radius 1 is 1.23 bits per heavy atom. The number of halogens is 4. The van der Waals surface area contributed by atoms with Gasteiger partial charge in [-0.3, -0.25) is 4.79 Å². The Hall–Kier alpha value is -2.73. The number of amides is 1. The van der Waals surface area contributed by atoms with Gasteiger partial charge in [-0.05, 0) is 55.3 Å². The lowest BCUT2D eigenvalue weighted by molar-refractivity contribution is -0.174. The lowest BCUT2D eigenvalue weighted by Crippen LogP contribution is -2.45. The molecule has 1 N–H and O–H groups in total. The van der Waals surface area contributed by atoms with E-state index in [1.807, 2.05) is 11.0 Å². The van der Waals surface area contributed by atoms with E-state index in [0.717, 1.165) is 4.47 Å². The molecule has 5 nitrogen and oxygen atoms in total. The van der Waals surface area contributed by atoms with Gasteiger partial charge in [0.25, 0.3) is 0 Å². The Morgan fingerprint density at radius 3 is 2.53 bits per heavy atom. The van der Waals surface area contributed by atoms with Crippen LogP contribution >= 0.6 is 15.9 Å². The van der Waals surface area contributed by atoms with E-state index in [0.29, 0.717) is 31.6 Å². The molecule has 1 saturated heterocycles. The van der Waals surface area contributed by atoms with Crippen LogP contribution in [0.5, 0.6) is 5.75 Å². The van der Waals surface area contributed by atoms with Gasteiger partial charge in [-0.2, -0.15) is 14.0 Å². The number of ether oxygens (including phenoxy) is 1. The summed E-state index contributed by atoms with van der Waals surface area (Å²) in [5, 5.41) is 11.5. The number of nitriles is 1. The Labute approximate surface area is 180 Å². The molecule has 0 radical (unpaired) electrons. The predicted molar refractivity (Wildman–Crippen MR) is 109 cm³/mol. The van der Waals surface area contributed by atoms with Gasteiger partial charge in [0.2, 0.25) is 5.91 Å². The summed E-state index contributed by atoms with van der Waals surface area (Å²) in [5.41, 5.74) is 0.829. The van der Waals surface area contributed by atoms with Gasteiger partial charge in [-0.25, -0.2) is 4.39 Å². The molecule has 1 fully saturated rings. The van der Waals surface area contributed by atoms with Crippen molar-refractivity contribution in [2.24, 2.45) is 5.92 Å². The van der Waals surface area contributed by atoms with Crippen LogP contribution in [-0.2, 0) is 4.79 Å². The number of rotatable bonds is 6. The molecule has 9 heteroatoms. The number of hydrogen-bond acceptors (Lipinski definition) is 4. The average molecular weight is 482 g/mol. The Morgan fingerprint density at radius 2 is 1.90 bits per heavy atom. The number of nitrogens with one attached hydrogen (secondary N) is 1. The van der Waals surface area contributed by atoms with E-state index in [9.17, 15) is 23.2 Å². The number of benzene rings is 2. The predicted octanol–water partition coefficient (Wildman–Crippen LogP) is 4.46. The van der Waals surface area contributed by atoms with Crippen LogP contribution in [0.15, 0.2) is 46.9 Å². The number of carbonyl (C=O) groups is 1. The number of carbonyl (C=O) groups excluding carboxylic acids is 1. The molecule has 0 aliphatic carbocycles. The zero-order chi connectivity index (χ0) is 21.7. The lowest BCUT2D eigenvalue weighted by Gasteiger charge is -2.33. The van der Waals surface area contributed by atoms with Gasteiger partial charge >= 0.3 is 6.11 Å². The SMILES string of the molecule is N#Cc1cc(F)ccc1N1CCC(C(=O)NCC(F)(F)Oc2ccc(Br)cc2)CC1. The van der Waals surface area contributed by atoms with Crippen LogP contribution in [0.1, 0.15) is 18.4 Å². The number of alkyl halides is 2. The van der Waals surface area contributed by atoms with Gasteiger partial charge in [-0.1, -0.05) is 15.9 Å². The summed E-state index contributed by atoms with van der Waals surface area (Å²) in [7, 11) is 0. The molecule has 0 saturated carbocycles. The fourth-order valence-corrected chi connectivity index (χ4v) is 3.57. The summed E-state index contributed by atoms with van der Waals surface area (Å²) in [6, 6.07) is 11.9. The average Bonchev–Trinajstić information content (AvgIpc) is 2.73. The summed E-state index contributed by atoms with van der Waals surface area (Å²) in [4.78, 5) is 14.2. The van der Waals surface area contributed by atoms with Crippen molar-refractivity contribution in [2.45, 2.75) is 19.0 Å². The maximum absolute atomic E-state index is 14.0. The maximum Gasteiger partial charge on any atom is 0.415 e. The third kappa shape index (κ3) is 5.66. The lowest BCUT2D eigenvalue weighted by atomic mass is 9.95. The Bertz CT molecular complexity index is 940. The monoisotopic (exact) mass is 481 g/mol. The van der Waals surface area contributed by atoms with Crippen molar-refractivity contribution >= 4 is 27.5 Å². The fraction of sp³-hybridized carbons (Fsp3) is 0.333. The van der Waals surface area contributed by atoms with E-state index in [4.69, 9.17) is 0 Å². The fourth-order valence-electron chi connectivity index (χ4n) is 3.30. The molecular weight excluding hydrogens is 463 g/mol. The smallest absolute Gasteiger partial charge is 0.415 e. The minimum Gasteiger partial charge on any atom is -0.431 e. The second-order valence-electron chi connectivity index (χ2n) is 6.95. The van der Waals surface area contributed by atoms with Crippen LogP contribution < -0.4 is 15.0 Å². The Kier molecular flexibility index (Phi) is 6.87. The summed E-state index contributed by atoms with van der Waals surface area (Å²) in [5.74, 6) is -1.38. The summed E-state index contributed by atoms with van der Waals surface area (Å²) < 4.78 is 46.7. The highest BCUT2D eigenvalue weighted by Gasteiger charge is 2.34. The Balaban J connectivity index is 1.50. The molecule has 1 aliphatic rings. The first-order chi connectivity index (χ1) is 14.3. The first-order valence-electron chi connectivity index (χ1n) is 9.32. The molecule has 1 heterocycles. The highest BCUT2D eigenvalue weighted by molar-refractivity contribution is 9.10. The van der Waals surface area contributed by atoms with Crippen molar-refractivity contribution in [3.8, 4) is 11.8 Å². The largest absolute Gasteiger partial charge is 0.431 e. The molecule has 158 valence electrons. The van der Waals surface area contributed by atoms with Crippen molar-refractivity contribution in [3.05, 3.63) is 58.3 Å². The van der Waals surface area contributed by atoms with Gasteiger partial charge in [0.05, 0.1) is 11.3 Å². The summed E-state index contributed by atoms with van der Waals surface area (Å²) in [6.07, 6.45) is -2.67. The van der Waals surface area contributed by atoms with E-state index in [1.54, 1.807) is 12.1 Å². The first kappa shape index (κ1) is 22.0.